The summed E-state index contributed by atoms with van der Waals surface area (Å²) in [6.45, 7) is 1.96. The molecular weight excluding hydrogens is 336 g/mol. The number of aromatic carboxylic acids is 1. The topological polar surface area (TPSA) is 119 Å². The van der Waals surface area contributed by atoms with Crippen LogP contribution in [0.2, 0.25) is 0 Å². The molecule has 0 saturated heterocycles. The summed E-state index contributed by atoms with van der Waals surface area (Å²) in [7, 11) is 0. The SMILES string of the molecule is CC(CC(=O)Nc1ccccc1)NCC(O)c1ccc(O)c(C(=O)O)c1. The average molecular weight is 358 g/mol. The highest BCUT2D eigenvalue weighted by atomic mass is 16.4. The maximum absolute atomic E-state index is 12.0. The molecule has 2 rings (SSSR count). The molecule has 0 bridgehead atoms. The molecule has 0 fully saturated rings. The third-order valence-electron chi connectivity index (χ3n) is 3.84. The monoisotopic (exact) mass is 358 g/mol. The Morgan fingerprint density at radius 1 is 1.12 bits per heavy atom. The van der Waals surface area contributed by atoms with Gasteiger partial charge in [-0.2, -0.15) is 0 Å². The molecule has 138 valence electrons. The van der Waals surface area contributed by atoms with E-state index >= 15 is 0 Å². The van der Waals surface area contributed by atoms with Crippen molar-refractivity contribution >= 4 is 17.6 Å². The van der Waals surface area contributed by atoms with Gasteiger partial charge in [-0.25, -0.2) is 4.79 Å². The molecule has 0 aliphatic carbocycles. The van der Waals surface area contributed by atoms with Crippen molar-refractivity contribution in [1.82, 2.24) is 5.32 Å². The Bertz CT molecular complexity index is 764. The number of hydrogen-bond donors (Lipinski definition) is 5. The molecule has 0 spiro atoms. The number of phenols is 1. The number of aliphatic hydroxyl groups is 1. The Balaban J connectivity index is 1.84. The Morgan fingerprint density at radius 3 is 2.46 bits per heavy atom. The molecule has 5 N–H and O–H groups in total. The van der Waals surface area contributed by atoms with Gasteiger partial charge in [-0.05, 0) is 36.8 Å². The Kier molecular flexibility index (Phi) is 6.71. The van der Waals surface area contributed by atoms with Crippen molar-refractivity contribution in [1.29, 1.82) is 0 Å². The largest absolute Gasteiger partial charge is 0.507 e. The van der Waals surface area contributed by atoms with E-state index in [2.05, 4.69) is 10.6 Å². The number of amides is 1. The van der Waals surface area contributed by atoms with Crippen molar-refractivity contribution in [2.24, 2.45) is 0 Å². The van der Waals surface area contributed by atoms with Crippen molar-refractivity contribution in [3.63, 3.8) is 0 Å². The van der Waals surface area contributed by atoms with Crippen LogP contribution in [0.5, 0.6) is 5.75 Å². The van der Waals surface area contributed by atoms with Gasteiger partial charge in [0.15, 0.2) is 0 Å². The van der Waals surface area contributed by atoms with E-state index in [9.17, 15) is 19.8 Å². The third kappa shape index (κ3) is 5.58. The summed E-state index contributed by atoms with van der Waals surface area (Å²) in [5, 5.41) is 34.5. The zero-order chi connectivity index (χ0) is 19.1. The maximum atomic E-state index is 12.0. The number of benzene rings is 2. The molecule has 7 nitrogen and oxygen atoms in total. The third-order valence-corrected chi connectivity index (χ3v) is 3.84. The minimum absolute atomic E-state index is 0.142. The molecule has 0 heterocycles. The van der Waals surface area contributed by atoms with Crippen LogP contribution < -0.4 is 10.6 Å². The number of nitrogens with one attached hydrogen (secondary N) is 2. The summed E-state index contributed by atoms with van der Waals surface area (Å²) in [4.78, 5) is 23.0. The number of carbonyl (C=O) groups is 2. The highest BCUT2D eigenvalue weighted by Gasteiger charge is 2.16. The number of rotatable bonds is 8. The molecule has 7 heteroatoms. The molecule has 0 radical (unpaired) electrons. The summed E-state index contributed by atoms with van der Waals surface area (Å²) in [6, 6.07) is 12.9. The van der Waals surface area contributed by atoms with E-state index in [1.165, 1.54) is 18.2 Å². The maximum Gasteiger partial charge on any atom is 0.339 e. The number of aliphatic hydroxyl groups excluding tert-OH is 1. The molecule has 2 aromatic carbocycles. The predicted molar refractivity (Wildman–Crippen MR) is 97.2 cm³/mol. The van der Waals surface area contributed by atoms with Crippen LogP contribution in [-0.2, 0) is 4.79 Å². The second-order valence-corrected chi connectivity index (χ2v) is 6.03. The van der Waals surface area contributed by atoms with E-state index in [1.807, 2.05) is 25.1 Å². The zero-order valence-corrected chi connectivity index (χ0v) is 14.3. The van der Waals surface area contributed by atoms with Crippen LogP contribution in [0.3, 0.4) is 0 Å². The van der Waals surface area contributed by atoms with E-state index in [0.717, 1.165) is 5.69 Å². The predicted octanol–water partition coefficient (Wildman–Crippen LogP) is 2.13. The highest BCUT2D eigenvalue weighted by Crippen LogP contribution is 2.22. The number of carboxylic acids is 1. The molecule has 0 saturated carbocycles. The van der Waals surface area contributed by atoms with Crippen LogP contribution in [0.15, 0.2) is 48.5 Å². The molecular formula is C19H22N2O5. The van der Waals surface area contributed by atoms with E-state index < -0.39 is 12.1 Å². The smallest absolute Gasteiger partial charge is 0.339 e. The van der Waals surface area contributed by atoms with Gasteiger partial charge in [0.25, 0.3) is 0 Å². The fourth-order valence-electron chi connectivity index (χ4n) is 2.45. The molecule has 1 amide bonds. The standard InChI is InChI=1S/C19H22N2O5/c1-12(9-18(24)21-14-5-3-2-4-6-14)20-11-17(23)13-7-8-16(22)15(10-13)19(25)26/h2-8,10,12,17,20,22-23H,9,11H2,1H3,(H,21,24)(H,25,26). The first-order valence-electron chi connectivity index (χ1n) is 8.19. The minimum Gasteiger partial charge on any atom is -0.507 e. The van der Waals surface area contributed by atoms with Gasteiger partial charge in [0.2, 0.25) is 5.91 Å². The number of hydrogen-bond acceptors (Lipinski definition) is 5. The summed E-state index contributed by atoms with van der Waals surface area (Å²) >= 11 is 0. The zero-order valence-electron chi connectivity index (χ0n) is 14.3. The van der Waals surface area contributed by atoms with Gasteiger partial charge in [-0.3, -0.25) is 4.79 Å². The first kappa shape index (κ1) is 19.4. The number of carboxylic acid groups (broad SMARTS) is 1. The van der Waals surface area contributed by atoms with Gasteiger partial charge in [-0.1, -0.05) is 24.3 Å². The van der Waals surface area contributed by atoms with Gasteiger partial charge < -0.3 is 26.0 Å². The van der Waals surface area contributed by atoms with Crippen molar-refractivity contribution in [3.8, 4) is 5.75 Å². The number of para-hydroxylation sites is 1. The van der Waals surface area contributed by atoms with Crippen molar-refractivity contribution < 1.29 is 24.9 Å². The molecule has 0 aromatic heterocycles. The minimum atomic E-state index is -1.27. The summed E-state index contributed by atoms with van der Waals surface area (Å²) in [5.41, 5.74) is 0.820. The van der Waals surface area contributed by atoms with E-state index in [4.69, 9.17) is 5.11 Å². The van der Waals surface area contributed by atoms with E-state index in [1.54, 1.807) is 12.1 Å². The molecule has 2 unspecified atom stereocenters. The molecule has 0 aliphatic rings. The number of carbonyl (C=O) groups excluding carboxylic acids is 1. The number of aromatic hydroxyl groups is 1. The van der Waals surface area contributed by atoms with Crippen LogP contribution in [0, 0.1) is 0 Å². The highest BCUT2D eigenvalue weighted by molar-refractivity contribution is 5.91. The second kappa shape index (κ2) is 8.98. The van der Waals surface area contributed by atoms with Crippen LogP contribution >= 0.6 is 0 Å². The summed E-state index contributed by atoms with van der Waals surface area (Å²) in [6.07, 6.45) is -0.745. The lowest BCUT2D eigenvalue weighted by Crippen LogP contribution is -2.33. The Labute approximate surface area is 151 Å². The van der Waals surface area contributed by atoms with Gasteiger partial charge in [-0.15, -0.1) is 0 Å². The Hall–Kier alpha value is -2.90. The Morgan fingerprint density at radius 2 is 1.81 bits per heavy atom. The normalized spacial score (nSPS) is 13.0. The van der Waals surface area contributed by atoms with E-state index in [0.29, 0.717) is 5.56 Å². The van der Waals surface area contributed by atoms with Crippen LogP contribution in [0.1, 0.15) is 35.4 Å². The first-order chi connectivity index (χ1) is 12.4. The first-order valence-corrected chi connectivity index (χ1v) is 8.19. The van der Waals surface area contributed by atoms with Crippen molar-refractivity contribution in [2.45, 2.75) is 25.5 Å². The van der Waals surface area contributed by atoms with Crippen molar-refractivity contribution in [3.05, 3.63) is 59.7 Å². The van der Waals surface area contributed by atoms with Crippen LogP contribution in [0.4, 0.5) is 5.69 Å². The second-order valence-electron chi connectivity index (χ2n) is 6.03. The van der Waals surface area contributed by atoms with Crippen LogP contribution in [-0.4, -0.2) is 39.8 Å². The summed E-state index contributed by atoms with van der Waals surface area (Å²) in [5.74, 6) is -1.77. The fraction of sp³-hybridized carbons (Fsp3) is 0.263. The average Bonchev–Trinajstić information content (AvgIpc) is 2.60. The molecule has 2 aromatic rings. The molecule has 2 atom stereocenters. The quantitative estimate of drug-likeness (QED) is 0.493. The molecule has 0 aliphatic heterocycles. The van der Waals surface area contributed by atoms with Gasteiger partial charge in [0.1, 0.15) is 11.3 Å². The lowest BCUT2D eigenvalue weighted by Gasteiger charge is -2.18. The summed E-state index contributed by atoms with van der Waals surface area (Å²) < 4.78 is 0. The lowest BCUT2D eigenvalue weighted by molar-refractivity contribution is -0.116. The fourth-order valence-corrected chi connectivity index (χ4v) is 2.45. The van der Waals surface area contributed by atoms with Crippen molar-refractivity contribution in [2.75, 3.05) is 11.9 Å². The van der Waals surface area contributed by atoms with Gasteiger partial charge >= 0.3 is 5.97 Å². The van der Waals surface area contributed by atoms with Crippen LogP contribution in [0.25, 0.3) is 0 Å². The van der Waals surface area contributed by atoms with Gasteiger partial charge in [0.05, 0.1) is 6.10 Å². The molecule has 26 heavy (non-hydrogen) atoms. The van der Waals surface area contributed by atoms with E-state index in [-0.39, 0.29) is 36.2 Å². The lowest BCUT2D eigenvalue weighted by atomic mass is 10.0. The number of anilines is 1. The van der Waals surface area contributed by atoms with Gasteiger partial charge in [0, 0.05) is 24.7 Å².